The Balaban J connectivity index is 1.23. The number of H-pyrrole nitrogens is 1. The number of fused-ring (bicyclic) bond motifs is 2. The molecule has 6 nitrogen and oxygen atoms in total. The molecule has 0 unspecified atom stereocenters. The summed E-state index contributed by atoms with van der Waals surface area (Å²) in [6.45, 7) is 1.11. The quantitative estimate of drug-likeness (QED) is 0.507. The summed E-state index contributed by atoms with van der Waals surface area (Å²) in [6.07, 6.45) is 3.05. The number of carbonyl (C=O) groups is 1. The van der Waals surface area contributed by atoms with Gasteiger partial charge in [-0.25, -0.2) is 4.98 Å². The van der Waals surface area contributed by atoms with E-state index in [9.17, 15) is 4.79 Å². The highest BCUT2D eigenvalue weighted by Gasteiger charge is 2.14. The number of aryl methyl sites for hydroxylation is 1. The van der Waals surface area contributed by atoms with Gasteiger partial charge in [-0.05, 0) is 36.2 Å². The Morgan fingerprint density at radius 3 is 2.93 bits per heavy atom. The number of benzene rings is 2. The van der Waals surface area contributed by atoms with Crippen LogP contribution in [0.25, 0.3) is 22.2 Å². The average molecular weight is 405 g/mol. The summed E-state index contributed by atoms with van der Waals surface area (Å²) in [7, 11) is 0. The van der Waals surface area contributed by atoms with Gasteiger partial charge in [-0.1, -0.05) is 18.2 Å². The lowest BCUT2D eigenvalue weighted by molar-refractivity contribution is -0.116. The molecule has 2 N–H and O–H groups in total. The van der Waals surface area contributed by atoms with Crippen molar-refractivity contribution in [3.63, 3.8) is 0 Å². The molecule has 4 aromatic rings. The van der Waals surface area contributed by atoms with Gasteiger partial charge in [0.25, 0.3) is 0 Å². The van der Waals surface area contributed by atoms with Crippen LogP contribution in [0.2, 0.25) is 0 Å². The van der Waals surface area contributed by atoms with Gasteiger partial charge in [-0.2, -0.15) is 0 Å². The number of hydrogen-bond acceptors (Lipinski definition) is 5. The summed E-state index contributed by atoms with van der Waals surface area (Å²) in [4.78, 5) is 20.2. The van der Waals surface area contributed by atoms with Crippen molar-refractivity contribution < 1.29 is 14.3 Å². The zero-order valence-electron chi connectivity index (χ0n) is 15.6. The molecule has 1 aliphatic rings. The third kappa shape index (κ3) is 3.69. The predicted octanol–water partition coefficient (Wildman–Crippen LogP) is 4.63. The average Bonchev–Trinajstić information content (AvgIpc) is 3.39. The van der Waals surface area contributed by atoms with Gasteiger partial charge in [-0.15, -0.1) is 11.3 Å². The van der Waals surface area contributed by atoms with Crippen molar-refractivity contribution in [2.24, 2.45) is 0 Å². The zero-order chi connectivity index (χ0) is 19.6. The number of rotatable bonds is 5. The second-order valence-electron chi connectivity index (χ2n) is 6.80. The molecule has 0 aliphatic carbocycles. The van der Waals surface area contributed by atoms with E-state index in [-0.39, 0.29) is 5.91 Å². The number of aromatic nitrogens is 2. The number of hydrogen-bond donors (Lipinski definition) is 2. The standard InChI is InChI=1S/C22H19N3O3S/c26-21(8-6-15-12-23-17-4-2-1-3-16(15)17)25-22-24-18(13-29-22)14-5-7-19-20(11-14)28-10-9-27-19/h1-5,7,11-13,23H,6,8-10H2,(H,24,25,26). The van der Waals surface area contributed by atoms with Crippen molar-refractivity contribution in [3.8, 4) is 22.8 Å². The van der Waals surface area contributed by atoms with Gasteiger partial charge in [0.05, 0.1) is 5.69 Å². The third-order valence-electron chi connectivity index (χ3n) is 4.88. The Morgan fingerprint density at radius 2 is 2.00 bits per heavy atom. The maximum atomic E-state index is 12.4. The number of carbonyl (C=O) groups excluding carboxylic acids is 1. The number of nitrogens with one attached hydrogen (secondary N) is 2. The van der Waals surface area contributed by atoms with E-state index >= 15 is 0 Å². The molecule has 1 amide bonds. The second kappa shape index (κ2) is 7.60. The van der Waals surface area contributed by atoms with Crippen LogP contribution >= 0.6 is 11.3 Å². The van der Waals surface area contributed by atoms with Crippen LogP contribution in [0.15, 0.2) is 54.0 Å². The van der Waals surface area contributed by atoms with Crippen LogP contribution in [0.4, 0.5) is 5.13 Å². The van der Waals surface area contributed by atoms with Crippen LogP contribution in [0.3, 0.4) is 0 Å². The molecule has 0 saturated heterocycles. The first-order valence-corrected chi connectivity index (χ1v) is 10.3. The number of ether oxygens (including phenoxy) is 2. The molecule has 1 aliphatic heterocycles. The molecule has 0 spiro atoms. The topological polar surface area (TPSA) is 76.2 Å². The normalized spacial score (nSPS) is 12.8. The van der Waals surface area contributed by atoms with Crippen LogP contribution in [-0.4, -0.2) is 29.1 Å². The highest BCUT2D eigenvalue weighted by Crippen LogP contribution is 2.35. The Bertz CT molecular complexity index is 1180. The lowest BCUT2D eigenvalue weighted by Gasteiger charge is -2.18. The lowest BCUT2D eigenvalue weighted by Crippen LogP contribution is -2.15. The van der Waals surface area contributed by atoms with Crippen molar-refractivity contribution in [2.45, 2.75) is 12.8 Å². The fourth-order valence-corrected chi connectivity index (χ4v) is 4.17. The SMILES string of the molecule is O=C(CCc1c[nH]c2ccccc12)Nc1nc(-c2ccc3c(c2)OCCO3)cs1. The molecular formula is C22H19N3O3S. The van der Waals surface area contributed by atoms with E-state index in [4.69, 9.17) is 9.47 Å². The summed E-state index contributed by atoms with van der Waals surface area (Å²) in [5.41, 5.74) is 3.97. The van der Waals surface area contributed by atoms with Crippen LogP contribution < -0.4 is 14.8 Å². The number of nitrogens with zero attached hydrogens (tertiary/aromatic N) is 1. The van der Waals surface area contributed by atoms with Gasteiger partial charge in [0.2, 0.25) is 5.91 Å². The summed E-state index contributed by atoms with van der Waals surface area (Å²) < 4.78 is 11.2. The monoisotopic (exact) mass is 405 g/mol. The second-order valence-corrected chi connectivity index (χ2v) is 7.66. The minimum atomic E-state index is -0.0432. The van der Waals surface area contributed by atoms with E-state index in [2.05, 4.69) is 21.4 Å². The fraction of sp³-hybridized carbons (Fsp3) is 0.182. The summed E-state index contributed by atoms with van der Waals surface area (Å²) >= 11 is 1.41. The molecule has 146 valence electrons. The molecule has 0 bridgehead atoms. The molecule has 29 heavy (non-hydrogen) atoms. The summed E-state index contributed by atoms with van der Waals surface area (Å²) in [5, 5.41) is 6.60. The van der Waals surface area contributed by atoms with Crippen molar-refractivity contribution in [3.05, 3.63) is 59.6 Å². The molecule has 2 aromatic heterocycles. The molecule has 2 aromatic carbocycles. The van der Waals surface area contributed by atoms with Gasteiger partial charge < -0.3 is 19.8 Å². The maximum absolute atomic E-state index is 12.4. The summed E-state index contributed by atoms with van der Waals surface area (Å²) in [6, 6.07) is 13.9. The lowest BCUT2D eigenvalue weighted by atomic mass is 10.1. The van der Waals surface area contributed by atoms with Crippen molar-refractivity contribution in [2.75, 3.05) is 18.5 Å². The van der Waals surface area contributed by atoms with E-state index < -0.39 is 0 Å². The van der Waals surface area contributed by atoms with Crippen LogP contribution in [0.5, 0.6) is 11.5 Å². The first-order valence-electron chi connectivity index (χ1n) is 9.47. The summed E-state index contributed by atoms with van der Waals surface area (Å²) in [5.74, 6) is 1.44. The predicted molar refractivity (Wildman–Crippen MR) is 114 cm³/mol. The molecule has 7 heteroatoms. The van der Waals surface area contributed by atoms with Gasteiger partial charge in [-0.3, -0.25) is 4.79 Å². The highest BCUT2D eigenvalue weighted by atomic mass is 32.1. The Kier molecular flexibility index (Phi) is 4.65. The first-order chi connectivity index (χ1) is 14.3. The molecule has 0 fully saturated rings. The Labute approximate surface area is 171 Å². The maximum Gasteiger partial charge on any atom is 0.226 e. The van der Waals surface area contributed by atoms with Gasteiger partial charge in [0.1, 0.15) is 13.2 Å². The highest BCUT2D eigenvalue weighted by molar-refractivity contribution is 7.14. The third-order valence-corrected chi connectivity index (χ3v) is 5.64. The number of amides is 1. The Hall–Kier alpha value is -3.32. The fourth-order valence-electron chi connectivity index (χ4n) is 3.43. The number of anilines is 1. The molecule has 0 saturated carbocycles. The van der Waals surface area contributed by atoms with Crippen LogP contribution in [0, 0.1) is 0 Å². The molecule has 0 atom stereocenters. The van der Waals surface area contributed by atoms with E-state index in [0.717, 1.165) is 39.2 Å². The van der Waals surface area contributed by atoms with E-state index in [1.807, 2.05) is 48.0 Å². The first kappa shape index (κ1) is 17.8. The number of thiazole rings is 1. The minimum absolute atomic E-state index is 0.0432. The van der Waals surface area contributed by atoms with E-state index in [1.165, 1.54) is 11.3 Å². The smallest absolute Gasteiger partial charge is 0.226 e. The van der Waals surface area contributed by atoms with Crippen LogP contribution in [-0.2, 0) is 11.2 Å². The van der Waals surface area contributed by atoms with Gasteiger partial charge >= 0.3 is 0 Å². The Morgan fingerprint density at radius 1 is 1.14 bits per heavy atom. The molecular weight excluding hydrogens is 386 g/mol. The van der Waals surface area contributed by atoms with Gasteiger partial charge in [0.15, 0.2) is 16.6 Å². The molecule has 3 heterocycles. The van der Waals surface area contributed by atoms with Crippen molar-refractivity contribution in [1.82, 2.24) is 9.97 Å². The van der Waals surface area contributed by atoms with E-state index in [1.54, 1.807) is 0 Å². The zero-order valence-corrected chi connectivity index (χ0v) is 16.4. The van der Waals surface area contributed by atoms with E-state index in [0.29, 0.717) is 31.2 Å². The largest absolute Gasteiger partial charge is 0.486 e. The van der Waals surface area contributed by atoms with Crippen LogP contribution in [0.1, 0.15) is 12.0 Å². The minimum Gasteiger partial charge on any atom is -0.486 e. The number of para-hydroxylation sites is 1. The number of aromatic amines is 1. The van der Waals surface area contributed by atoms with Crippen molar-refractivity contribution in [1.29, 1.82) is 0 Å². The molecule has 0 radical (unpaired) electrons. The van der Waals surface area contributed by atoms with Crippen molar-refractivity contribution >= 4 is 33.3 Å². The molecule has 5 rings (SSSR count). The van der Waals surface area contributed by atoms with Gasteiger partial charge in [0, 0.05) is 34.5 Å².